The molecule has 4 aromatic carbocycles. The molecule has 0 atom stereocenters. The van der Waals surface area contributed by atoms with Gasteiger partial charge in [-0.25, -0.2) is 0 Å². The van der Waals surface area contributed by atoms with Crippen LogP contribution in [0.1, 0.15) is 28.4 Å². The first kappa shape index (κ1) is 26.4. The summed E-state index contributed by atoms with van der Waals surface area (Å²) in [5.74, 6) is 0.321. The molecule has 0 unspecified atom stereocenters. The van der Waals surface area contributed by atoms with E-state index in [0.29, 0.717) is 34.1 Å². The van der Waals surface area contributed by atoms with Gasteiger partial charge in [0.2, 0.25) is 5.88 Å². The molecule has 7 nitrogen and oxygen atoms in total. The number of aryl methyl sites for hydroxylation is 2. The van der Waals surface area contributed by atoms with Crippen LogP contribution in [0.4, 0.5) is 5.69 Å². The maximum absolute atomic E-state index is 12.8. The Morgan fingerprint density at radius 3 is 2.10 bits per heavy atom. The average molecular weight is 532 g/mol. The number of ether oxygens (including phenoxy) is 2. The van der Waals surface area contributed by atoms with E-state index >= 15 is 0 Å². The standard InChI is InChI=1S/C33H29N3O4/c1-21-8-10-25(11-9-21)31-30(33(40-23(3)37)36(35-31)28-7-5-6-22(2)20-28)24-12-16-27(17-13-24)34-32(38)26-14-18-29(39-4)19-15-26/h5-20H,1-4H3,(H,34,38). The first-order valence-electron chi connectivity index (χ1n) is 12.8. The van der Waals surface area contributed by atoms with Crippen molar-refractivity contribution in [3.05, 3.63) is 114 Å². The number of anilines is 1. The number of nitrogens with one attached hydrogen (secondary N) is 1. The van der Waals surface area contributed by atoms with Crippen LogP contribution < -0.4 is 14.8 Å². The van der Waals surface area contributed by atoms with E-state index in [1.807, 2.05) is 86.6 Å². The monoisotopic (exact) mass is 531 g/mol. The van der Waals surface area contributed by atoms with E-state index in [2.05, 4.69) is 5.32 Å². The summed E-state index contributed by atoms with van der Waals surface area (Å²) < 4.78 is 12.6. The molecule has 0 aliphatic carbocycles. The van der Waals surface area contributed by atoms with Crippen molar-refractivity contribution >= 4 is 17.6 Å². The molecule has 0 saturated carbocycles. The van der Waals surface area contributed by atoms with Gasteiger partial charge in [-0.2, -0.15) is 9.78 Å². The Labute approximate surface area is 233 Å². The lowest BCUT2D eigenvalue weighted by atomic mass is 10.00. The molecule has 1 amide bonds. The van der Waals surface area contributed by atoms with Gasteiger partial charge in [-0.15, -0.1) is 0 Å². The van der Waals surface area contributed by atoms with E-state index in [4.69, 9.17) is 14.6 Å². The molecule has 0 fully saturated rings. The van der Waals surface area contributed by atoms with Crippen LogP contribution in [-0.2, 0) is 4.79 Å². The highest BCUT2D eigenvalue weighted by Crippen LogP contribution is 2.41. The van der Waals surface area contributed by atoms with Crippen LogP contribution >= 0.6 is 0 Å². The van der Waals surface area contributed by atoms with Gasteiger partial charge in [0.15, 0.2) is 0 Å². The number of benzene rings is 4. The fraction of sp³-hybridized carbons (Fsp3) is 0.121. The van der Waals surface area contributed by atoms with Crippen LogP contribution in [-0.4, -0.2) is 28.8 Å². The van der Waals surface area contributed by atoms with Gasteiger partial charge in [-0.3, -0.25) is 9.59 Å². The third kappa shape index (κ3) is 5.63. The molecular formula is C33H29N3O4. The average Bonchev–Trinajstić information content (AvgIpc) is 3.32. The van der Waals surface area contributed by atoms with Crippen molar-refractivity contribution in [2.45, 2.75) is 20.8 Å². The van der Waals surface area contributed by atoms with Crippen molar-refractivity contribution in [3.8, 4) is 39.7 Å². The molecule has 7 heteroatoms. The van der Waals surface area contributed by atoms with Crippen molar-refractivity contribution in [3.63, 3.8) is 0 Å². The van der Waals surface area contributed by atoms with E-state index in [1.165, 1.54) is 6.92 Å². The second kappa shape index (κ2) is 11.3. The van der Waals surface area contributed by atoms with Gasteiger partial charge in [-0.05, 0) is 73.5 Å². The normalized spacial score (nSPS) is 10.7. The Bertz CT molecular complexity index is 1670. The van der Waals surface area contributed by atoms with Crippen molar-refractivity contribution in [1.82, 2.24) is 9.78 Å². The molecule has 5 rings (SSSR count). The second-order valence-corrected chi connectivity index (χ2v) is 9.50. The minimum absolute atomic E-state index is 0.233. The summed E-state index contributed by atoms with van der Waals surface area (Å²) in [5.41, 5.74) is 7.12. The summed E-state index contributed by atoms with van der Waals surface area (Å²) in [6.45, 7) is 5.40. The van der Waals surface area contributed by atoms with Crippen molar-refractivity contribution in [2.75, 3.05) is 12.4 Å². The minimum Gasteiger partial charge on any atom is -0.497 e. The van der Waals surface area contributed by atoms with Crippen molar-refractivity contribution in [1.29, 1.82) is 0 Å². The highest BCUT2D eigenvalue weighted by molar-refractivity contribution is 6.04. The van der Waals surface area contributed by atoms with E-state index < -0.39 is 5.97 Å². The molecule has 0 radical (unpaired) electrons. The van der Waals surface area contributed by atoms with Crippen molar-refractivity contribution in [2.24, 2.45) is 0 Å². The molecule has 1 aromatic heterocycles. The van der Waals surface area contributed by atoms with Crippen LogP contribution in [0.15, 0.2) is 97.1 Å². The van der Waals surface area contributed by atoms with Crippen LogP contribution in [0.3, 0.4) is 0 Å². The number of hydrogen-bond acceptors (Lipinski definition) is 5. The lowest BCUT2D eigenvalue weighted by Crippen LogP contribution is -2.11. The number of carbonyl (C=O) groups is 2. The predicted molar refractivity (Wildman–Crippen MR) is 156 cm³/mol. The Kier molecular flexibility index (Phi) is 7.46. The van der Waals surface area contributed by atoms with E-state index in [9.17, 15) is 9.59 Å². The maximum Gasteiger partial charge on any atom is 0.309 e. The van der Waals surface area contributed by atoms with Crippen LogP contribution in [0.25, 0.3) is 28.1 Å². The van der Waals surface area contributed by atoms with Crippen LogP contribution in [0.5, 0.6) is 11.6 Å². The zero-order chi connectivity index (χ0) is 28.2. The molecule has 0 aliphatic rings. The number of esters is 1. The second-order valence-electron chi connectivity index (χ2n) is 9.50. The number of rotatable bonds is 7. The third-order valence-corrected chi connectivity index (χ3v) is 6.44. The zero-order valence-electron chi connectivity index (χ0n) is 22.8. The first-order valence-corrected chi connectivity index (χ1v) is 12.8. The molecule has 40 heavy (non-hydrogen) atoms. The lowest BCUT2D eigenvalue weighted by Gasteiger charge is -2.11. The van der Waals surface area contributed by atoms with E-state index in [0.717, 1.165) is 27.9 Å². The van der Waals surface area contributed by atoms with Gasteiger partial charge < -0.3 is 14.8 Å². The van der Waals surface area contributed by atoms with Crippen LogP contribution in [0.2, 0.25) is 0 Å². The van der Waals surface area contributed by atoms with Crippen molar-refractivity contribution < 1.29 is 19.1 Å². The summed E-state index contributed by atoms with van der Waals surface area (Å²) in [7, 11) is 1.58. The molecule has 0 spiro atoms. The Balaban J connectivity index is 1.58. The molecule has 1 heterocycles. The number of carbonyl (C=O) groups excluding carboxylic acids is 2. The zero-order valence-corrected chi connectivity index (χ0v) is 22.8. The summed E-state index contributed by atoms with van der Waals surface area (Å²) >= 11 is 0. The molecule has 0 saturated heterocycles. The Morgan fingerprint density at radius 2 is 1.48 bits per heavy atom. The SMILES string of the molecule is COc1ccc(C(=O)Nc2ccc(-c3c(-c4ccc(C)cc4)nn(-c4cccc(C)c4)c3OC(C)=O)cc2)cc1. The number of hydrogen-bond donors (Lipinski definition) is 1. The molecule has 0 aliphatic heterocycles. The maximum atomic E-state index is 12.8. The van der Waals surface area contributed by atoms with Gasteiger partial charge in [0.05, 0.1) is 18.4 Å². The first-order chi connectivity index (χ1) is 19.3. The summed E-state index contributed by atoms with van der Waals surface area (Å²) in [5, 5.41) is 7.86. The molecule has 1 N–H and O–H groups in total. The fourth-order valence-electron chi connectivity index (χ4n) is 4.41. The van der Waals surface area contributed by atoms with Gasteiger partial charge in [0.1, 0.15) is 11.4 Å². The van der Waals surface area contributed by atoms with Gasteiger partial charge >= 0.3 is 5.97 Å². The Hall–Kier alpha value is -5.17. The molecule has 200 valence electrons. The molecule has 5 aromatic rings. The largest absolute Gasteiger partial charge is 0.497 e. The van der Waals surface area contributed by atoms with Gasteiger partial charge in [0, 0.05) is 23.7 Å². The quantitative estimate of drug-likeness (QED) is 0.229. The summed E-state index contributed by atoms with van der Waals surface area (Å²) in [6.07, 6.45) is 0. The van der Waals surface area contributed by atoms with Gasteiger partial charge in [0.25, 0.3) is 5.91 Å². The fourth-order valence-corrected chi connectivity index (χ4v) is 4.41. The lowest BCUT2D eigenvalue weighted by molar-refractivity contribution is -0.132. The molecule has 0 bridgehead atoms. The molecular weight excluding hydrogens is 502 g/mol. The number of aromatic nitrogens is 2. The van der Waals surface area contributed by atoms with E-state index in [-0.39, 0.29) is 5.91 Å². The third-order valence-electron chi connectivity index (χ3n) is 6.44. The summed E-state index contributed by atoms with van der Waals surface area (Å²) in [4.78, 5) is 25.0. The van der Waals surface area contributed by atoms with Crippen LogP contribution in [0, 0.1) is 13.8 Å². The number of amides is 1. The summed E-state index contributed by atoms with van der Waals surface area (Å²) in [6, 6.07) is 30.2. The highest BCUT2D eigenvalue weighted by atomic mass is 16.5. The smallest absolute Gasteiger partial charge is 0.309 e. The predicted octanol–water partition coefficient (Wildman–Crippen LogP) is 7.01. The topological polar surface area (TPSA) is 82.4 Å². The van der Waals surface area contributed by atoms with Gasteiger partial charge in [-0.1, -0.05) is 54.1 Å². The number of nitrogens with zero attached hydrogens (tertiary/aromatic N) is 2. The highest BCUT2D eigenvalue weighted by Gasteiger charge is 2.24. The Morgan fingerprint density at radius 1 is 0.800 bits per heavy atom. The van der Waals surface area contributed by atoms with E-state index in [1.54, 1.807) is 36.1 Å². The minimum atomic E-state index is -0.450. The number of methoxy groups -OCH3 is 1.